The number of rotatable bonds is 5. The van der Waals surface area contributed by atoms with Gasteiger partial charge in [-0.15, -0.1) is 24.8 Å². The summed E-state index contributed by atoms with van der Waals surface area (Å²) in [6.45, 7) is 6.31. The third kappa shape index (κ3) is 4.58. The van der Waals surface area contributed by atoms with E-state index in [4.69, 9.17) is 0 Å². The van der Waals surface area contributed by atoms with Gasteiger partial charge >= 0.3 is 0 Å². The zero-order valence-electron chi connectivity index (χ0n) is 15.3. The fourth-order valence-electron chi connectivity index (χ4n) is 3.48. The number of halogens is 2. The van der Waals surface area contributed by atoms with Crippen LogP contribution in [0.15, 0.2) is 4.79 Å². The Morgan fingerprint density at radius 2 is 2.08 bits per heavy atom. The van der Waals surface area contributed by atoms with E-state index >= 15 is 0 Å². The smallest absolute Gasteiger partial charge is 0.273 e. The van der Waals surface area contributed by atoms with Gasteiger partial charge in [0.05, 0.1) is 5.39 Å². The molecule has 3 N–H and O–H groups in total. The number of aromatic amines is 1. The lowest BCUT2D eigenvalue weighted by molar-refractivity contribution is -0.121. The summed E-state index contributed by atoms with van der Waals surface area (Å²) in [4.78, 5) is 28.7. The molecule has 1 unspecified atom stereocenters. The van der Waals surface area contributed by atoms with Crippen molar-refractivity contribution in [1.29, 1.82) is 0 Å². The van der Waals surface area contributed by atoms with Crippen LogP contribution in [-0.2, 0) is 18.4 Å². The van der Waals surface area contributed by atoms with Crippen molar-refractivity contribution in [3.05, 3.63) is 27.2 Å². The average molecular weight is 404 g/mol. The first-order valence-corrected chi connectivity index (χ1v) is 8.49. The molecule has 1 aliphatic heterocycles. The van der Waals surface area contributed by atoms with Gasteiger partial charge in [-0.05, 0) is 56.8 Å². The maximum atomic E-state index is 12.1. The number of hydrogen-bond donors (Lipinski definition) is 3. The number of hydrogen-bond acceptors (Lipinski definition) is 4. The van der Waals surface area contributed by atoms with E-state index in [0.29, 0.717) is 29.9 Å². The van der Waals surface area contributed by atoms with Gasteiger partial charge < -0.3 is 10.6 Å². The zero-order chi connectivity index (χ0) is 17.3. The predicted molar refractivity (Wildman–Crippen MR) is 107 cm³/mol. The van der Waals surface area contributed by atoms with Crippen molar-refractivity contribution in [2.75, 3.05) is 13.1 Å². The molecule has 146 valence electrons. The van der Waals surface area contributed by atoms with Crippen molar-refractivity contribution in [3.63, 3.8) is 0 Å². The lowest BCUT2D eigenvalue weighted by Crippen LogP contribution is -2.24. The minimum absolute atomic E-state index is 0. The van der Waals surface area contributed by atoms with Crippen LogP contribution in [0.1, 0.15) is 36.1 Å². The molecular weight excluding hydrogens is 377 g/mol. The Kier molecular flexibility index (Phi) is 8.12. The summed E-state index contributed by atoms with van der Waals surface area (Å²) in [6.07, 6.45) is 2.63. The first-order chi connectivity index (χ1) is 11.5. The number of aromatic nitrogens is 3. The summed E-state index contributed by atoms with van der Waals surface area (Å²) in [7, 11) is 1.77. The van der Waals surface area contributed by atoms with Crippen LogP contribution < -0.4 is 16.2 Å². The zero-order valence-corrected chi connectivity index (χ0v) is 17.0. The number of carbonyl (C=O) groups is 1. The summed E-state index contributed by atoms with van der Waals surface area (Å²) in [6, 6.07) is 0. The van der Waals surface area contributed by atoms with Gasteiger partial charge in [0.15, 0.2) is 5.65 Å². The van der Waals surface area contributed by atoms with Gasteiger partial charge in [0.25, 0.3) is 5.56 Å². The van der Waals surface area contributed by atoms with Crippen molar-refractivity contribution < 1.29 is 4.79 Å². The van der Waals surface area contributed by atoms with Crippen LogP contribution in [0.4, 0.5) is 0 Å². The molecule has 0 aliphatic carbocycles. The Labute approximate surface area is 165 Å². The molecule has 2 aromatic heterocycles. The molecular formula is C17H27Cl2N5O2. The van der Waals surface area contributed by atoms with E-state index < -0.39 is 0 Å². The Hall–Kier alpha value is -1.57. The molecule has 26 heavy (non-hydrogen) atoms. The Morgan fingerprint density at radius 3 is 2.73 bits per heavy atom. The fraction of sp³-hybridized carbons (Fsp3) is 0.588. The molecule has 1 saturated heterocycles. The van der Waals surface area contributed by atoms with Crippen molar-refractivity contribution in [3.8, 4) is 0 Å². The highest BCUT2D eigenvalue weighted by molar-refractivity contribution is 5.85. The second-order valence-corrected chi connectivity index (χ2v) is 6.67. The topological polar surface area (TPSA) is 91.8 Å². The summed E-state index contributed by atoms with van der Waals surface area (Å²) in [5.74, 6) is 0.669. The van der Waals surface area contributed by atoms with Gasteiger partial charge in [-0.3, -0.25) is 19.4 Å². The molecule has 1 aliphatic rings. The molecule has 1 fully saturated rings. The average Bonchev–Trinajstić information content (AvgIpc) is 3.13. The van der Waals surface area contributed by atoms with Crippen molar-refractivity contribution >= 4 is 41.8 Å². The summed E-state index contributed by atoms with van der Waals surface area (Å²) >= 11 is 0. The third-order valence-electron chi connectivity index (χ3n) is 4.98. The summed E-state index contributed by atoms with van der Waals surface area (Å²) < 4.78 is 1.63. The van der Waals surface area contributed by atoms with Gasteiger partial charge in [0.1, 0.15) is 0 Å². The molecule has 1 atom stereocenters. The van der Waals surface area contributed by atoms with Gasteiger partial charge in [-0.1, -0.05) is 0 Å². The summed E-state index contributed by atoms with van der Waals surface area (Å²) in [5, 5.41) is 9.63. The highest BCUT2D eigenvalue weighted by Gasteiger charge is 2.17. The quantitative estimate of drug-likeness (QED) is 0.708. The monoisotopic (exact) mass is 403 g/mol. The number of nitrogens with one attached hydrogen (secondary N) is 3. The molecule has 0 aromatic carbocycles. The van der Waals surface area contributed by atoms with E-state index in [1.165, 1.54) is 0 Å². The number of H-pyrrole nitrogens is 1. The molecule has 3 rings (SSSR count). The van der Waals surface area contributed by atoms with E-state index in [1.54, 1.807) is 11.7 Å². The van der Waals surface area contributed by atoms with Crippen LogP contribution in [0.5, 0.6) is 0 Å². The van der Waals surface area contributed by atoms with Crippen molar-refractivity contribution in [1.82, 2.24) is 25.4 Å². The number of aryl methyl sites for hydroxylation is 3. The second-order valence-electron chi connectivity index (χ2n) is 6.67. The van der Waals surface area contributed by atoms with E-state index in [1.807, 2.05) is 13.8 Å². The number of amides is 1. The Bertz CT molecular complexity index is 825. The highest BCUT2D eigenvalue weighted by atomic mass is 35.5. The molecule has 9 heteroatoms. The van der Waals surface area contributed by atoms with Gasteiger partial charge in [-0.25, -0.2) is 4.98 Å². The first-order valence-electron chi connectivity index (χ1n) is 8.49. The normalized spacial score (nSPS) is 16.2. The van der Waals surface area contributed by atoms with Crippen LogP contribution in [0.25, 0.3) is 11.0 Å². The molecule has 0 spiro atoms. The van der Waals surface area contributed by atoms with Crippen LogP contribution in [-0.4, -0.2) is 33.8 Å². The number of fused-ring (bicyclic) bond motifs is 1. The third-order valence-corrected chi connectivity index (χ3v) is 4.98. The van der Waals surface area contributed by atoms with E-state index in [9.17, 15) is 9.59 Å². The lowest BCUT2D eigenvalue weighted by Gasteiger charge is -2.12. The lowest BCUT2D eigenvalue weighted by atomic mass is 10.0. The first kappa shape index (κ1) is 22.5. The second kappa shape index (κ2) is 9.39. The Morgan fingerprint density at radius 1 is 1.35 bits per heavy atom. The van der Waals surface area contributed by atoms with E-state index in [0.717, 1.165) is 42.8 Å². The predicted octanol–water partition coefficient (Wildman–Crippen LogP) is 1.73. The molecule has 7 nitrogen and oxygen atoms in total. The van der Waals surface area contributed by atoms with E-state index in [2.05, 4.69) is 20.7 Å². The number of pyridine rings is 1. The number of carbonyl (C=O) groups excluding carboxylic acids is 1. The SMILES string of the molecule is Cc1nc2c(c(C)c1CNC(=O)CCC1CCNC1)c(=O)[nH]n2C.Cl.Cl. The van der Waals surface area contributed by atoms with Gasteiger partial charge in [0, 0.05) is 25.7 Å². The van der Waals surface area contributed by atoms with Gasteiger partial charge in [0.2, 0.25) is 5.91 Å². The largest absolute Gasteiger partial charge is 0.352 e. The van der Waals surface area contributed by atoms with Crippen molar-refractivity contribution in [2.24, 2.45) is 13.0 Å². The molecule has 0 radical (unpaired) electrons. The minimum atomic E-state index is -0.140. The maximum absolute atomic E-state index is 12.1. The van der Waals surface area contributed by atoms with Crippen LogP contribution in [0.3, 0.4) is 0 Å². The van der Waals surface area contributed by atoms with Crippen LogP contribution >= 0.6 is 24.8 Å². The molecule has 1 amide bonds. The Balaban J connectivity index is 0.00000169. The molecule has 2 aromatic rings. The number of nitrogens with zero attached hydrogens (tertiary/aromatic N) is 2. The van der Waals surface area contributed by atoms with Crippen molar-refractivity contribution in [2.45, 2.75) is 39.7 Å². The molecule has 3 heterocycles. The highest BCUT2D eigenvalue weighted by Crippen LogP contribution is 2.20. The van der Waals surface area contributed by atoms with Gasteiger partial charge in [-0.2, -0.15) is 0 Å². The molecule has 0 bridgehead atoms. The van der Waals surface area contributed by atoms with Crippen LogP contribution in [0.2, 0.25) is 0 Å². The minimum Gasteiger partial charge on any atom is -0.352 e. The standard InChI is InChI=1S/C17H25N5O2.2ClH/c1-10-13(9-19-14(23)5-4-12-6-7-18-8-12)11(2)20-16-15(10)17(24)21-22(16)3;;/h12,18H,4-9H2,1-3H3,(H,19,23)(H,21,24);2*1H. The fourth-order valence-corrected chi connectivity index (χ4v) is 3.48. The maximum Gasteiger partial charge on any atom is 0.273 e. The van der Waals surface area contributed by atoms with E-state index in [-0.39, 0.29) is 36.3 Å². The van der Waals surface area contributed by atoms with Crippen LogP contribution in [0, 0.1) is 19.8 Å². The summed E-state index contributed by atoms with van der Waals surface area (Å²) in [5.41, 5.74) is 3.17. The molecule has 0 saturated carbocycles.